The maximum Gasteiger partial charge on any atom is 2.00 e. The number of benzene rings is 3. The third kappa shape index (κ3) is 2.92. The van der Waals surface area contributed by atoms with E-state index in [9.17, 15) is 13.0 Å². The van der Waals surface area contributed by atoms with Crippen molar-refractivity contribution in [1.82, 2.24) is 0 Å². The minimum atomic E-state index is -4.51. The average Bonchev–Trinajstić information content (AvgIpc) is 2.34. The van der Waals surface area contributed by atoms with Crippen molar-refractivity contribution in [2.45, 2.75) is 4.90 Å². The summed E-state index contributed by atoms with van der Waals surface area (Å²) in [6.45, 7) is 0. The van der Waals surface area contributed by atoms with Crippen LogP contribution in [0.3, 0.4) is 0 Å². The maximum absolute atomic E-state index is 11.5. The van der Waals surface area contributed by atoms with Crippen molar-refractivity contribution in [3.8, 4) is 0 Å². The first-order valence-electron chi connectivity index (χ1n) is 5.44. The molecule has 0 saturated heterocycles. The predicted octanol–water partition coefficient (Wildman–Crippen LogP) is -0.480. The minimum Gasteiger partial charge on any atom is -1.00 e. The van der Waals surface area contributed by atoms with Gasteiger partial charge in [0.2, 0.25) is 0 Å². The van der Waals surface area contributed by atoms with Crippen LogP contribution in [0.25, 0.3) is 21.5 Å². The van der Waals surface area contributed by atoms with Crippen molar-refractivity contribution in [1.29, 1.82) is 0 Å². The number of halogens is 1. The monoisotopic (exact) mass is 316 g/mol. The van der Waals surface area contributed by atoms with Crippen molar-refractivity contribution in [3.05, 3.63) is 54.6 Å². The molecule has 0 aliphatic heterocycles. The second kappa shape index (κ2) is 6.28. The average molecular weight is 317 g/mol. The Balaban J connectivity index is 0.000001000. The Kier molecular flexibility index (Phi) is 5.40. The topological polar surface area (TPSA) is 57.2 Å². The molecule has 98 valence electrons. The Bertz CT molecular complexity index is 809. The Morgan fingerprint density at radius 3 is 1.60 bits per heavy atom. The van der Waals surface area contributed by atoms with Crippen molar-refractivity contribution < 1.29 is 25.4 Å². The molecule has 0 spiro atoms. The number of hydrogen-bond donors (Lipinski definition) is 0. The molecule has 0 fully saturated rings. The molecule has 0 amide bonds. The van der Waals surface area contributed by atoms with E-state index < -0.39 is 10.1 Å². The number of fused-ring (bicyclic) bond motifs is 2. The number of rotatable bonds is 1. The van der Waals surface area contributed by atoms with Crippen molar-refractivity contribution >= 4 is 54.7 Å². The first-order chi connectivity index (χ1) is 8.57. The third-order valence-electron chi connectivity index (χ3n) is 2.97. The zero-order valence-electron chi connectivity index (χ0n) is 10.4. The van der Waals surface area contributed by atoms with E-state index in [1.54, 1.807) is 36.4 Å². The van der Waals surface area contributed by atoms with Crippen molar-refractivity contribution in [2.75, 3.05) is 0 Å². The van der Waals surface area contributed by atoms with E-state index in [0.717, 1.165) is 10.8 Å². The molecule has 0 unspecified atom stereocenters. The summed E-state index contributed by atoms with van der Waals surface area (Å²) in [7, 11) is -4.51. The molecule has 3 aromatic carbocycles. The van der Waals surface area contributed by atoms with E-state index >= 15 is 0 Å². The fraction of sp³-hybridized carbons (Fsp3) is 0. The molecule has 0 bridgehead atoms. The maximum atomic E-state index is 11.5. The molecule has 3 rings (SSSR count). The first-order valence-corrected chi connectivity index (χ1v) is 6.84. The summed E-state index contributed by atoms with van der Waals surface area (Å²) < 4.78 is 34.5. The van der Waals surface area contributed by atoms with Crippen LogP contribution in [0.15, 0.2) is 59.5 Å². The smallest absolute Gasteiger partial charge is 1.00 e. The van der Waals surface area contributed by atoms with Crippen LogP contribution < -0.4 is 12.4 Å². The zero-order valence-corrected chi connectivity index (χ0v) is 13.4. The normalized spacial score (nSPS) is 10.8. The minimum absolute atomic E-state index is 0. The van der Waals surface area contributed by atoms with Crippen LogP contribution >= 0.6 is 0 Å². The van der Waals surface area contributed by atoms with Gasteiger partial charge in [-0.15, -0.1) is 0 Å². The second-order valence-corrected chi connectivity index (χ2v) is 5.42. The molecular formula is C14H9ClMgO3S. The third-order valence-corrected chi connectivity index (χ3v) is 3.91. The van der Waals surface area contributed by atoms with Gasteiger partial charge in [-0.05, 0) is 27.6 Å². The van der Waals surface area contributed by atoms with Crippen LogP contribution in [-0.2, 0) is 10.1 Å². The molecule has 20 heavy (non-hydrogen) atoms. The molecule has 3 aromatic rings. The standard InChI is InChI=1S/C14H10O3S.ClH.Mg/c15-18(16,17)14-12-7-3-1-5-10(12)9-11-6-2-4-8-13(11)14;;/h1-9H,(H,15,16,17);1H;/q;;+2/p-2. The molecule has 0 radical (unpaired) electrons. The summed E-state index contributed by atoms with van der Waals surface area (Å²) in [5, 5.41) is 2.47. The number of hydrogen-bond acceptors (Lipinski definition) is 3. The van der Waals surface area contributed by atoms with Gasteiger partial charge in [-0.3, -0.25) is 0 Å². The van der Waals surface area contributed by atoms with Crippen LogP contribution in [-0.4, -0.2) is 36.0 Å². The Morgan fingerprint density at radius 1 is 0.800 bits per heavy atom. The van der Waals surface area contributed by atoms with E-state index in [-0.39, 0.29) is 40.4 Å². The summed E-state index contributed by atoms with van der Waals surface area (Å²) in [4.78, 5) is -0.129. The molecule has 0 N–H and O–H groups in total. The SMILES string of the molecule is O=S(=O)([O-])c1c2ccccc2cc2ccccc12.[Cl-].[Mg+2]. The molecule has 6 heteroatoms. The van der Waals surface area contributed by atoms with Gasteiger partial charge in [-0.25, -0.2) is 8.42 Å². The van der Waals surface area contributed by atoms with Crippen LogP contribution in [0.5, 0.6) is 0 Å². The van der Waals surface area contributed by atoms with Crippen LogP contribution in [0.1, 0.15) is 0 Å². The van der Waals surface area contributed by atoms with Gasteiger partial charge in [0, 0.05) is 0 Å². The fourth-order valence-electron chi connectivity index (χ4n) is 2.24. The van der Waals surface area contributed by atoms with Gasteiger partial charge in [0.15, 0.2) is 0 Å². The fourth-order valence-corrected chi connectivity index (χ4v) is 3.15. The predicted molar refractivity (Wildman–Crippen MR) is 75.2 cm³/mol. The molecule has 0 heterocycles. The first kappa shape index (κ1) is 17.2. The quantitative estimate of drug-likeness (QED) is 0.346. The molecule has 0 saturated carbocycles. The molecule has 0 aromatic heterocycles. The van der Waals surface area contributed by atoms with Crippen LogP contribution in [0.2, 0.25) is 0 Å². The Morgan fingerprint density at radius 2 is 1.20 bits per heavy atom. The summed E-state index contributed by atoms with van der Waals surface area (Å²) in [6.07, 6.45) is 0. The van der Waals surface area contributed by atoms with Gasteiger partial charge < -0.3 is 17.0 Å². The second-order valence-electron chi connectivity index (χ2n) is 4.10. The zero-order chi connectivity index (χ0) is 12.8. The van der Waals surface area contributed by atoms with E-state index in [2.05, 4.69) is 0 Å². The van der Waals surface area contributed by atoms with Gasteiger partial charge in [0.1, 0.15) is 10.1 Å². The van der Waals surface area contributed by atoms with Crippen molar-refractivity contribution in [2.24, 2.45) is 0 Å². The van der Waals surface area contributed by atoms with Gasteiger partial charge in [0.05, 0.1) is 4.90 Å². The van der Waals surface area contributed by atoms with Gasteiger partial charge in [-0.2, -0.15) is 0 Å². The molecule has 3 nitrogen and oxygen atoms in total. The molecule has 0 aliphatic carbocycles. The summed E-state index contributed by atoms with van der Waals surface area (Å²) in [6, 6.07) is 15.9. The molecule has 0 atom stereocenters. The largest absolute Gasteiger partial charge is 2.00 e. The van der Waals surface area contributed by atoms with E-state index in [4.69, 9.17) is 0 Å². The summed E-state index contributed by atoms with van der Waals surface area (Å²) in [5.41, 5.74) is 0. The Labute approximate surface area is 139 Å². The van der Waals surface area contributed by atoms with Crippen LogP contribution in [0.4, 0.5) is 0 Å². The molecule has 0 aliphatic rings. The van der Waals surface area contributed by atoms with E-state index in [1.165, 1.54) is 0 Å². The molecular weight excluding hydrogens is 308 g/mol. The van der Waals surface area contributed by atoms with Crippen molar-refractivity contribution in [3.63, 3.8) is 0 Å². The van der Waals surface area contributed by atoms with Gasteiger partial charge in [0.25, 0.3) is 0 Å². The Hall–Kier alpha value is -0.854. The summed E-state index contributed by atoms with van der Waals surface area (Å²) in [5.74, 6) is 0. The van der Waals surface area contributed by atoms with E-state index in [1.807, 2.05) is 18.2 Å². The van der Waals surface area contributed by atoms with Gasteiger partial charge in [-0.1, -0.05) is 48.5 Å². The van der Waals surface area contributed by atoms with Crippen LogP contribution in [0, 0.1) is 0 Å². The van der Waals surface area contributed by atoms with Gasteiger partial charge >= 0.3 is 23.1 Å². The van der Waals surface area contributed by atoms with E-state index in [0.29, 0.717) is 10.8 Å². The summed E-state index contributed by atoms with van der Waals surface area (Å²) >= 11 is 0.